The summed E-state index contributed by atoms with van der Waals surface area (Å²) < 4.78 is 27.9. The van der Waals surface area contributed by atoms with Crippen molar-refractivity contribution in [3.05, 3.63) is 83.9 Å². The highest BCUT2D eigenvalue weighted by atomic mass is 32.2. The van der Waals surface area contributed by atoms with Crippen LogP contribution in [0, 0.1) is 5.92 Å². The minimum Gasteiger partial charge on any atom is -0.333 e. The maximum atomic E-state index is 13.7. The molecule has 2 heterocycles. The van der Waals surface area contributed by atoms with Gasteiger partial charge >= 0.3 is 0 Å². The van der Waals surface area contributed by atoms with Crippen LogP contribution in [0.15, 0.2) is 72.8 Å². The molecular weight excluding hydrogens is 490 g/mol. The van der Waals surface area contributed by atoms with Crippen LogP contribution < -0.4 is 0 Å². The van der Waals surface area contributed by atoms with Crippen molar-refractivity contribution in [1.29, 1.82) is 0 Å². The van der Waals surface area contributed by atoms with Crippen LogP contribution in [0.2, 0.25) is 0 Å². The highest BCUT2D eigenvalue weighted by molar-refractivity contribution is 7.88. The van der Waals surface area contributed by atoms with Crippen LogP contribution in [-0.2, 0) is 36.7 Å². The van der Waals surface area contributed by atoms with Crippen molar-refractivity contribution < 1.29 is 22.8 Å². The average molecular weight is 522 g/mol. The molecule has 3 aromatic carbocycles. The van der Waals surface area contributed by atoms with E-state index >= 15 is 0 Å². The summed E-state index contributed by atoms with van der Waals surface area (Å²) in [6.45, 7) is 3.89. The molecule has 37 heavy (non-hydrogen) atoms. The third kappa shape index (κ3) is 5.25. The molecule has 0 saturated carbocycles. The molecular formula is C28H31N3O5S. The molecule has 2 atom stereocenters. The number of piperazine rings is 1. The Kier molecular flexibility index (Phi) is 7.02. The molecule has 0 radical (unpaired) electrons. The normalized spacial score (nSPS) is 21.1. The van der Waals surface area contributed by atoms with Gasteiger partial charge in [0.05, 0.1) is 12.3 Å². The van der Waals surface area contributed by atoms with E-state index in [-0.39, 0.29) is 30.0 Å². The highest BCUT2D eigenvalue weighted by Crippen LogP contribution is 2.31. The maximum Gasteiger partial charge on any atom is 0.252 e. The Morgan fingerprint density at radius 3 is 2.35 bits per heavy atom. The molecule has 9 heteroatoms. The first-order chi connectivity index (χ1) is 17.7. The van der Waals surface area contributed by atoms with Gasteiger partial charge in [0.15, 0.2) is 0 Å². The molecule has 0 spiro atoms. The summed E-state index contributed by atoms with van der Waals surface area (Å²) in [5.74, 6) is -0.686. The minimum absolute atomic E-state index is 0.0278. The maximum absolute atomic E-state index is 13.7. The van der Waals surface area contributed by atoms with E-state index in [1.54, 1.807) is 29.2 Å². The van der Waals surface area contributed by atoms with Gasteiger partial charge in [-0.1, -0.05) is 85.0 Å². The molecule has 2 aliphatic heterocycles. The number of amides is 2. The number of hydroxylamine groups is 1. The highest BCUT2D eigenvalue weighted by Gasteiger charge is 2.51. The fourth-order valence-electron chi connectivity index (χ4n) is 5.18. The van der Waals surface area contributed by atoms with Crippen LogP contribution in [0.25, 0.3) is 10.8 Å². The minimum atomic E-state index is -3.95. The summed E-state index contributed by atoms with van der Waals surface area (Å²) in [7, 11) is -3.95. The third-order valence-electron chi connectivity index (χ3n) is 6.83. The van der Waals surface area contributed by atoms with Gasteiger partial charge in [0.2, 0.25) is 15.9 Å². The second kappa shape index (κ2) is 10.2. The lowest BCUT2D eigenvalue weighted by Gasteiger charge is -2.51. The second-order valence-electron chi connectivity index (χ2n) is 10.1. The van der Waals surface area contributed by atoms with Gasteiger partial charge in [0.25, 0.3) is 5.91 Å². The van der Waals surface area contributed by atoms with Crippen molar-refractivity contribution in [2.24, 2.45) is 5.92 Å². The Morgan fingerprint density at radius 2 is 1.62 bits per heavy atom. The predicted molar refractivity (Wildman–Crippen MR) is 140 cm³/mol. The van der Waals surface area contributed by atoms with Gasteiger partial charge in [-0.25, -0.2) is 8.42 Å². The molecule has 2 aliphatic rings. The lowest BCUT2D eigenvalue weighted by Crippen LogP contribution is -2.71. The van der Waals surface area contributed by atoms with Gasteiger partial charge in [-0.2, -0.15) is 0 Å². The zero-order chi connectivity index (χ0) is 26.2. The Bertz CT molecular complexity index is 1410. The second-order valence-corrected chi connectivity index (χ2v) is 11.9. The summed E-state index contributed by atoms with van der Waals surface area (Å²) in [6, 6.07) is 22.1. The standard InChI is InChI=1S/C28H31N3O5S/c1-20(2)14-25-28(33)29(16-22-12-13-23-10-6-7-11-24(23)15-22)17-26-30(25)27(32)18-36-31(26)37(34,35)19-21-8-4-3-5-9-21/h3-13,15,20,25-26H,14,16-19H2,1-2H3. The number of sulfonamides is 1. The fourth-order valence-corrected chi connectivity index (χ4v) is 6.67. The first-order valence-corrected chi connectivity index (χ1v) is 14.1. The quantitative estimate of drug-likeness (QED) is 0.475. The van der Waals surface area contributed by atoms with Gasteiger partial charge in [0, 0.05) is 6.54 Å². The molecule has 2 fully saturated rings. The third-order valence-corrected chi connectivity index (χ3v) is 8.43. The molecule has 8 nitrogen and oxygen atoms in total. The van der Waals surface area contributed by atoms with Crippen molar-refractivity contribution in [2.75, 3.05) is 13.2 Å². The van der Waals surface area contributed by atoms with Gasteiger partial charge < -0.3 is 9.80 Å². The molecule has 5 rings (SSSR count). The zero-order valence-electron chi connectivity index (χ0n) is 21.0. The van der Waals surface area contributed by atoms with E-state index in [0.717, 1.165) is 20.8 Å². The summed E-state index contributed by atoms with van der Waals surface area (Å²) in [5, 5.41) is 2.16. The molecule has 194 valence electrons. The van der Waals surface area contributed by atoms with E-state index in [1.165, 1.54) is 4.90 Å². The lowest BCUT2D eigenvalue weighted by molar-refractivity contribution is -0.223. The molecule has 0 aliphatic carbocycles. The molecule has 2 unspecified atom stereocenters. The van der Waals surface area contributed by atoms with Gasteiger partial charge in [-0.15, -0.1) is 0 Å². The van der Waals surface area contributed by atoms with Gasteiger partial charge in [-0.05, 0) is 40.3 Å². The number of benzene rings is 3. The number of rotatable bonds is 7. The van der Waals surface area contributed by atoms with E-state index < -0.39 is 28.8 Å². The summed E-state index contributed by atoms with van der Waals surface area (Å²) in [6.07, 6.45) is -0.501. The number of hydrogen-bond donors (Lipinski definition) is 0. The van der Waals surface area contributed by atoms with Crippen LogP contribution in [0.3, 0.4) is 0 Å². The lowest BCUT2D eigenvalue weighted by atomic mass is 9.97. The number of carbonyl (C=O) groups is 2. The SMILES string of the molecule is CC(C)CC1C(=O)N(Cc2ccc3ccccc3c2)CC2N1C(=O)CON2S(=O)(=O)Cc1ccccc1. The molecule has 2 amide bonds. The molecule has 0 aromatic heterocycles. The Labute approximate surface area is 217 Å². The Hall–Kier alpha value is -3.27. The van der Waals surface area contributed by atoms with Crippen molar-refractivity contribution in [3.8, 4) is 0 Å². The van der Waals surface area contributed by atoms with Crippen molar-refractivity contribution in [1.82, 2.24) is 14.3 Å². The van der Waals surface area contributed by atoms with Gasteiger partial charge in [-0.3, -0.25) is 14.4 Å². The zero-order valence-corrected chi connectivity index (χ0v) is 21.8. The summed E-state index contributed by atoms with van der Waals surface area (Å²) in [4.78, 5) is 35.4. The summed E-state index contributed by atoms with van der Waals surface area (Å²) >= 11 is 0. The summed E-state index contributed by atoms with van der Waals surface area (Å²) in [5.41, 5.74) is 1.55. The Morgan fingerprint density at radius 1 is 0.919 bits per heavy atom. The van der Waals surface area contributed by atoms with Crippen molar-refractivity contribution in [3.63, 3.8) is 0 Å². The topological polar surface area (TPSA) is 87.2 Å². The smallest absolute Gasteiger partial charge is 0.252 e. The van der Waals surface area contributed by atoms with E-state index in [2.05, 4.69) is 0 Å². The number of nitrogens with zero attached hydrogens (tertiary/aromatic N) is 3. The first-order valence-electron chi connectivity index (χ1n) is 12.5. The molecule has 0 N–H and O–H groups in total. The monoisotopic (exact) mass is 521 g/mol. The van der Waals surface area contributed by atoms with E-state index in [4.69, 9.17) is 4.84 Å². The van der Waals surface area contributed by atoms with Crippen molar-refractivity contribution >= 4 is 32.6 Å². The van der Waals surface area contributed by atoms with Crippen molar-refractivity contribution in [2.45, 2.75) is 44.8 Å². The fraction of sp³-hybridized carbons (Fsp3) is 0.357. The molecule has 2 saturated heterocycles. The van der Waals surface area contributed by atoms with E-state index in [9.17, 15) is 18.0 Å². The predicted octanol–water partition coefficient (Wildman–Crippen LogP) is 3.53. The average Bonchev–Trinajstić information content (AvgIpc) is 2.86. The number of fused-ring (bicyclic) bond motifs is 2. The van der Waals surface area contributed by atoms with E-state index in [0.29, 0.717) is 18.5 Å². The molecule has 0 bridgehead atoms. The number of hydrogen-bond acceptors (Lipinski definition) is 5. The van der Waals surface area contributed by atoms with Crippen LogP contribution in [0.4, 0.5) is 0 Å². The Balaban J connectivity index is 1.48. The van der Waals surface area contributed by atoms with Gasteiger partial charge in [0.1, 0.15) is 18.8 Å². The van der Waals surface area contributed by atoms with Crippen LogP contribution in [-0.4, -0.2) is 59.9 Å². The number of carbonyl (C=O) groups excluding carboxylic acids is 2. The first kappa shape index (κ1) is 25.4. The van der Waals surface area contributed by atoms with Crippen LogP contribution >= 0.6 is 0 Å². The van der Waals surface area contributed by atoms with Crippen LogP contribution in [0.5, 0.6) is 0 Å². The van der Waals surface area contributed by atoms with Crippen LogP contribution in [0.1, 0.15) is 31.4 Å². The largest absolute Gasteiger partial charge is 0.333 e. The molecule has 3 aromatic rings. The van der Waals surface area contributed by atoms with E-state index in [1.807, 2.05) is 62.4 Å².